The van der Waals surface area contributed by atoms with Gasteiger partial charge in [-0.05, 0) is 24.3 Å². The monoisotopic (exact) mass is 356 g/mol. The van der Waals surface area contributed by atoms with Crippen LogP contribution in [-0.4, -0.2) is 5.91 Å². The van der Waals surface area contributed by atoms with Crippen LogP contribution in [0.15, 0.2) is 64.6 Å². The molecule has 1 amide bonds. The first-order valence-corrected chi connectivity index (χ1v) is 7.46. The van der Waals surface area contributed by atoms with E-state index in [1.807, 2.05) is 0 Å². The Hall–Kier alpha value is -3.53. The minimum atomic E-state index is -4.63. The number of hydrogen-bond acceptors (Lipinski definition) is 3. The van der Waals surface area contributed by atoms with E-state index in [0.29, 0.717) is 5.58 Å². The van der Waals surface area contributed by atoms with Gasteiger partial charge in [0.05, 0.1) is 11.3 Å². The molecule has 0 aliphatic carbocycles. The number of alkyl halides is 3. The smallest absolute Gasteiger partial charge is 0.418 e. The summed E-state index contributed by atoms with van der Waals surface area (Å²) >= 11 is 0. The molecule has 3 aromatic rings. The van der Waals surface area contributed by atoms with Crippen molar-refractivity contribution in [1.29, 1.82) is 5.26 Å². The Bertz CT molecular complexity index is 1010. The fourth-order valence-corrected chi connectivity index (χ4v) is 2.39. The van der Waals surface area contributed by atoms with Gasteiger partial charge in [0.25, 0.3) is 5.91 Å². The lowest BCUT2D eigenvalue weighted by Crippen LogP contribution is -2.17. The van der Waals surface area contributed by atoms with Crippen LogP contribution in [0.2, 0.25) is 0 Å². The lowest BCUT2D eigenvalue weighted by atomic mass is 10.1. The SMILES string of the molecule is N#CC(=Cc1cc2ccccc2o1)C(=O)Nc1ccccc1C(F)(F)F. The van der Waals surface area contributed by atoms with Gasteiger partial charge in [0, 0.05) is 11.5 Å². The molecular formula is C19H11F3N2O2. The lowest BCUT2D eigenvalue weighted by molar-refractivity contribution is -0.137. The quantitative estimate of drug-likeness (QED) is 0.531. The number of anilines is 1. The van der Waals surface area contributed by atoms with Crippen molar-refractivity contribution in [3.8, 4) is 6.07 Å². The van der Waals surface area contributed by atoms with E-state index in [1.165, 1.54) is 18.2 Å². The van der Waals surface area contributed by atoms with E-state index in [9.17, 15) is 23.2 Å². The Morgan fingerprint density at radius 3 is 2.50 bits per heavy atom. The van der Waals surface area contributed by atoms with Gasteiger partial charge in [0.2, 0.25) is 0 Å². The second kappa shape index (κ2) is 6.76. The van der Waals surface area contributed by atoms with Gasteiger partial charge in [-0.25, -0.2) is 0 Å². The van der Waals surface area contributed by atoms with Gasteiger partial charge in [-0.1, -0.05) is 30.3 Å². The highest BCUT2D eigenvalue weighted by Crippen LogP contribution is 2.34. The zero-order valence-corrected chi connectivity index (χ0v) is 13.2. The van der Waals surface area contributed by atoms with Crippen molar-refractivity contribution in [3.63, 3.8) is 0 Å². The van der Waals surface area contributed by atoms with Gasteiger partial charge >= 0.3 is 6.18 Å². The van der Waals surface area contributed by atoms with Gasteiger partial charge in [0.15, 0.2) is 0 Å². The van der Waals surface area contributed by atoms with Crippen LogP contribution in [0.4, 0.5) is 18.9 Å². The molecule has 130 valence electrons. The van der Waals surface area contributed by atoms with Crippen molar-refractivity contribution in [2.75, 3.05) is 5.32 Å². The molecule has 0 saturated carbocycles. The molecule has 0 radical (unpaired) electrons. The largest absolute Gasteiger partial charge is 0.457 e. The van der Waals surface area contributed by atoms with E-state index in [0.717, 1.165) is 17.5 Å². The first kappa shape index (κ1) is 17.3. The van der Waals surface area contributed by atoms with Gasteiger partial charge in [-0.3, -0.25) is 4.79 Å². The number of benzene rings is 2. The van der Waals surface area contributed by atoms with E-state index < -0.39 is 23.3 Å². The normalized spacial score (nSPS) is 12.0. The number of para-hydroxylation sites is 2. The molecule has 26 heavy (non-hydrogen) atoms. The molecule has 0 fully saturated rings. The molecule has 0 bridgehead atoms. The second-order valence-corrected chi connectivity index (χ2v) is 5.35. The fraction of sp³-hybridized carbons (Fsp3) is 0.0526. The minimum absolute atomic E-state index is 0.252. The number of furan rings is 1. The van der Waals surface area contributed by atoms with Gasteiger partial charge in [0.1, 0.15) is 23.0 Å². The fourth-order valence-electron chi connectivity index (χ4n) is 2.39. The molecule has 0 spiro atoms. The van der Waals surface area contributed by atoms with Gasteiger partial charge in [-0.2, -0.15) is 18.4 Å². The van der Waals surface area contributed by atoms with Crippen LogP contribution in [0.1, 0.15) is 11.3 Å². The third-order valence-corrected chi connectivity index (χ3v) is 3.58. The minimum Gasteiger partial charge on any atom is -0.457 e. The topological polar surface area (TPSA) is 66.0 Å². The maximum absolute atomic E-state index is 13.0. The maximum atomic E-state index is 13.0. The molecule has 3 rings (SSSR count). The predicted octanol–water partition coefficient (Wildman–Crippen LogP) is 5.00. The number of halogens is 3. The van der Waals surface area contributed by atoms with Gasteiger partial charge in [-0.15, -0.1) is 0 Å². The number of rotatable bonds is 3. The van der Waals surface area contributed by atoms with Crippen LogP contribution in [0.25, 0.3) is 17.0 Å². The number of nitriles is 1. The van der Waals surface area contributed by atoms with Crippen LogP contribution in [0, 0.1) is 11.3 Å². The summed E-state index contributed by atoms with van der Waals surface area (Å²) in [5.41, 5.74) is -1.22. The summed E-state index contributed by atoms with van der Waals surface area (Å²) in [4.78, 5) is 12.2. The molecule has 0 aliphatic heterocycles. The molecule has 7 heteroatoms. The highest BCUT2D eigenvalue weighted by atomic mass is 19.4. The summed E-state index contributed by atoms with van der Waals surface area (Å²) in [6.07, 6.45) is -3.44. The highest BCUT2D eigenvalue weighted by Gasteiger charge is 2.33. The second-order valence-electron chi connectivity index (χ2n) is 5.35. The average Bonchev–Trinajstić information content (AvgIpc) is 3.01. The molecule has 4 nitrogen and oxygen atoms in total. The van der Waals surface area contributed by atoms with Gasteiger partial charge < -0.3 is 9.73 Å². The zero-order chi connectivity index (χ0) is 18.7. The number of hydrogen-bond donors (Lipinski definition) is 1. The lowest BCUT2D eigenvalue weighted by Gasteiger charge is -2.13. The standard InChI is InChI=1S/C19H11F3N2O2/c20-19(21,22)15-6-2-3-7-16(15)24-18(25)13(11-23)10-14-9-12-5-1-4-8-17(12)26-14/h1-10H,(H,24,25). The van der Waals surface area contributed by atoms with Crippen LogP contribution in [0.3, 0.4) is 0 Å². The van der Waals surface area contributed by atoms with E-state index in [4.69, 9.17) is 4.42 Å². The maximum Gasteiger partial charge on any atom is 0.418 e. The molecular weight excluding hydrogens is 345 g/mol. The Balaban J connectivity index is 1.90. The molecule has 0 unspecified atom stereocenters. The van der Waals surface area contributed by atoms with Crippen LogP contribution in [0.5, 0.6) is 0 Å². The summed E-state index contributed by atoms with van der Waals surface area (Å²) in [6.45, 7) is 0. The Kier molecular flexibility index (Phi) is 4.50. The number of fused-ring (bicyclic) bond motifs is 1. The van der Waals surface area contributed by atoms with Crippen molar-refractivity contribution < 1.29 is 22.4 Å². The zero-order valence-electron chi connectivity index (χ0n) is 13.2. The number of carbonyl (C=O) groups is 1. The number of nitrogens with one attached hydrogen (secondary N) is 1. The summed E-state index contributed by atoms with van der Waals surface area (Å²) in [5.74, 6) is -0.702. The molecule has 0 aliphatic rings. The Morgan fingerprint density at radius 2 is 1.81 bits per heavy atom. The molecule has 0 saturated heterocycles. The summed E-state index contributed by atoms with van der Waals surface area (Å²) in [6, 6.07) is 14.9. The van der Waals surface area contributed by atoms with Crippen molar-refractivity contribution in [3.05, 3.63) is 71.5 Å². The first-order chi connectivity index (χ1) is 12.4. The molecule has 0 atom stereocenters. The summed E-state index contributed by atoms with van der Waals surface area (Å²) in [5, 5.41) is 12.1. The number of amides is 1. The van der Waals surface area contributed by atoms with Crippen molar-refractivity contribution in [1.82, 2.24) is 0 Å². The number of carbonyl (C=O) groups excluding carboxylic acids is 1. The third kappa shape index (κ3) is 3.59. The molecule has 1 aromatic heterocycles. The van der Waals surface area contributed by atoms with Crippen LogP contribution in [-0.2, 0) is 11.0 Å². The molecule has 2 aromatic carbocycles. The van der Waals surface area contributed by atoms with E-state index in [-0.39, 0.29) is 11.3 Å². The molecule has 1 N–H and O–H groups in total. The predicted molar refractivity (Wildman–Crippen MR) is 89.9 cm³/mol. The Morgan fingerprint density at radius 1 is 1.12 bits per heavy atom. The van der Waals surface area contributed by atoms with Crippen LogP contribution < -0.4 is 5.32 Å². The first-order valence-electron chi connectivity index (χ1n) is 7.46. The van der Waals surface area contributed by atoms with Crippen molar-refractivity contribution in [2.45, 2.75) is 6.18 Å². The summed E-state index contributed by atoms with van der Waals surface area (Å²) < 4.78 is 44.5. The highest BCUT2D eigenvalue weighted by molar-refractivity contribution is 6.10. The third-order valence-electron chi connectivity index (χ3n) is 3.58. The summed E-state index contributed by atoms with van der Waals surface area (Å²) in [7, 11) is 0. The molecule has 1 heterocycles. The van der Waals surface area contributed by atoms with Crippen LogP contribution >= 0.6 is 0 Å². The van der Waals surface area contributed by atoms with E-state index in [1.54, 1.807) is 36.4 Å². The number of nitrogens with zero attached hydrogens (tertiary/aromatic N) is 1. The van der Waals surface area contributed by atoms with E-state index >= 15 is 0 Å². The van der Waals surface area contributed by atoms with Crippen molar-refractivity contribution in [2.24, 2.45) is 0 Å². The Labute approximate surface area is 146 Å². The average molecular weight is 356 g/mol. The van der Waals surface area contributed by atoms with Crippen molar-refractivity contribution >= 4 is 28.6 Å². The van der Waals surface area contributed by atoms with E-state index in [2.05, 4.69) is 5.32 Å².